The van der Waals surface area contributed by atoms with Gasteiger partial charge in [0.05, 0.1) is 19.1 Å². The molecule has 0 aliphatic carbocycles. The summed E-state index contributed by atoms with van der Waals surface area (Å²) in [6.45, 7) is 9.11. The first kappa shape index (κ1) is 25.1. The van der Waals surface area contributed by atoms with Crippen molar-refractivity contribution in [2.24, 2.45) is 0 Å². The van der Waals surface area contributed by atoms with Crippen molar-refractivity contribution in [1.82, 2.24) is 9.80 Å². The van der Waals surface area contributed by atoms with E-state index in [0.717, 1.165) is 11.1 Å². The van der Waals surface area contributed by atoms with Crippen molar-refractivity contribution in [3.63, 3.8) is 0 Å². The van der Waals surface area contributed by atoms with Gasteiger partial charge in [-0.15, -0.1) is 0 Å². The highest BCUT2D eigenvalue weighted by Gasteiger charge is 2.37. The molecule has 1 fully saturated rings. The number of nitrogens with zero attached hydrogens (tertiary/aromatic N) is 2. The summed E-state index contributed by atoms with van der Waals surface area (Å²) in [5.41, 5.74) is 1.55. The lowest BCUT2D eigenvalue weighted by molar-refractivity contribution is -0.145. The molecule has 7 heteroatoms. The number of esters is 1. The molecule has 0 spiro atoms. The van der Waals surface area contributed by atoms with E-state index < -0.39 is 5.60 Å². The zero-order valence-corrected chi connectivity index (χ0v) is 20.5. The summed E-state index contributed by atoms with van der Waals surface area (Å²) in [7, 11) is 0. The Kier molecular flexibility index (Phi) is 8.38. The molecule has 0 aromatic heterocycles. The van der Waals surface area contributed by atoms with Crippen LogP contribution in [-0.4, -0.2) is 59.7 Å². The molecule has 1 heterocycles. The van der Waals surface area contributed by atoms with Crippen LogP contribution in [0.2, 0.25) is 5.02 Å². The van der Waals surface area contributed by atoms with Crippen molar-refractivity contribution in [1.29, 1.82) is 0 Å². The summed E-state index contributed by atoms with van der Waals surface area (Å²) < 4.78 is 10.9. The van der Waals surface area contributed by atoms with Crippen LogP contribution in [0.15, 0.2) is 54.6 Å². The Hall–Kier alpha value is -2.57. The van der Waals surface area contributed by atoms with Crippen LogP contribution in [0.5, 0.6) is 0 Å². The van der Waals surface area contributed by atoms with Crippen LogP contribution < -0.4 is 0 Å². The fourth-order valence-electron chi connectivity index (χ4n) is 4.18. The maximum absolute atomic E-state index is 12.8. The van der Waals surface area contributed by atoms with E-state index in [2.05, 4.69) is 17.0 Å². The Morgan fingerprint density at radius 2 is 1.76 bits per heavy atom. The van der Waals surface area contributed by atoms with E-state index in [-0.39, 0.29) is 30.6 Å². The maximum atomic E-state index is 12.8. The van der Waals surface area contributed by atoms with Crippen LogP contribution in [0.4, 0.5) is 4.79 Å². The molecule has 2 aromatic carbocycles. The molecule has 0 saturated carbocycles. The van der Waals surface area contributed by atoms with E-state index in [4.69, 9.17) is 21.1 Å². The van der Waals surface area contributed by atoms with Crippen molar-refractivity contribution in [3.05, 3.63) is 70.7 Å². The molecule has 0 radical (unpaired) electrons. The number of hydrogen-bond donors (Lipinski definition) is 0. The van der Waals surface area contributed by atoms with Gasteiger partial charge in [0.2, 0.25) is 0 Å². The monoisotopic (exact) mass is 472 g/mol. The molecule has 1 unspecified atom stereocenters. The normalized spacial score (nSPS) is 18.0. The molecule has 2 atom stereocenters. The number of hydrogen-bond acceptors (Lipinski definition) is 5. The van der Waals surface area contributed by atoms with Crippen LogP contribution in [0.1, 0.15) is 51.3 Å². The lowest BCUT2D eigenvalue weighted by Crippen LogP contribution is -2.57. The van der Waals surface area contributed by atoms with Crippen molar-refractivity contribution in [2.75, 3.05) is 26.2 Å². The van der Waals surface area contributed by atoms with Gasteiger partial charge >= 0.3 is 12.1 Å². The van der Waals surface area contributed by atoms with Crippen LogP contribution in [-0.2, 0) is 14.3 Å². The predicted octanol–water partition coefficient (Wildman–Crippen LogP) is 5.30. The first-order valence-corrected chi connectivity index (χ1v) is 11.8. The summed E-state index contributed by atoms with van der Waals surface area (Å²) >= 11 is 6.34. The van der Waals surface area contributed by atoms with Gasteiger partial charge in [0.15, 0.2) is 0 Å². The molecule has 33 heavy (non-hydrogen) atoms. The smallest absolute Gasteiger partial charge is 0.410 e. The molecule has 1 aliphatic heterocycles. The topological polar surface area (TPSA) is 59.1 Å². The first-order chi connectivity index (χ1) is 15.7. The van der Waals surface area contributed by atoms with E-state index in [1.165, 1.54) is 0 Å². The van der Waals surface area contributed by atoms with Gasteiger partial charge in [-0.1, -0.05) is 54.1 Å². The zero-order chi connectivity index (χ0) is 24.0. The number of ether oxygens (including phenoxy) is 2. The minimum atomic E-state index is -0.585. The highest BCUT2D eigenvalue weighted by Crippen LogP contribution is 2.34. The summed E-state index contributed by atoms with van der Waals surface area (Å²) in [6.07, 6.45) is -0.188. The molecule has 178 valence electrons. The highest BCUT2D eigenvalue weighted by atomic mass is 35.5. The number of carbonyl (C=O) groups is 2. The summed E-state index contributed by atoms with van der Waals surface area (Å²) in [6, 6.07) is 17.6. The maximum Gasteiger partial charge on any atom is 0.410 e. The highest BCUT2D eigenvalue weighted by molar-refractivity contribution is 6.30. The summed E-state index contributed by atoms with van der Waals surface area (Å²) in [4.78, 5) is 29.3. The fraction of sp³-hybridized carbons (Fsp3) is 0.462. The van der Waals surface area contributed by atoms with Crippen LogP contribution >= 0.6 is 11.6 Å². The summed E-state index contributed by atoms with van der Waals surface area (Å²) in [5.74, 6) is -0.281. The molecule has 6 nitrogen and oxygen atoms in total. The molecule has 2 aromatic rings. The Morgan fingerprint density at radius 1 is 1.06 bits per heavy atom. The summed E-state index contributed by atoms with van der Waals surface area (Å²) in [5, 5.41) is 0.655. The van der Waals surface area contributed by atoms with Gasteiger partial charge in [0.25, 0.3) is 0 Å². The molecular formula is C26H33ClN2O4. The average Bonchev–Trinajstić information content (AvgIpc) is 2.75. The third-order valence-electron chi connectivity index (χ3n) is 5.50. The van der Waals surface area contributed by atoms with Crippen LogP contribution in [0.3, 0.4) is 0 Å². The van der Waals surface area contributed by atoms with Crippen LogP contribution in [0, 0.1) is 0 Å². The van der Waals surface area contributed by atoms with E-state index in [0.29, 0.717) is 31.3 Å². The number of benzene rings is 2. The molecule has 3 rings (SSSR count). The average molecular weight is 473 g/mol. The number of piperazine rings is 1. The second kappa shape index (κ2) is 11.0. The van der Waals surface area contributed by atoms with Crippen molar-refractivity contribution in [2.45, 2.75) is 51.8 Å². The number of rotatable bonds is 6. The predicted molar refractivity (Wildman–Crippen MR) is 129 cm³/mol. The van der Waals surface area contributed by atoms with Gasteiger partial charge in [0.1, 0.15) is 5.60 Å². The molecule has 1 aliphatic rings. The second-order valence-electron chi connectivity index (χ2n) is 9.20. The van der Waals surface area contributed by atoms with Gasteiger partial charge in [0, 0.05) is 30.7 Å². The Labute approximate surface area is 201 Å². The van der Waals surface area contributed by atoms with E-state index in [1.54, 1.807) is 11.8 Å². The lowest BCUT2D eigenvalue weighted by Gasteiger charge is -2.45. The standard InChI is InChI=1S/C26H33ClN2O4/c1-5-32-23(30)17-22-18-28(25(31)33-26(2,3)4)14-15-29(22)24(19-10-7-6-8-11-19)20-12-9-13-21(27)16-20/h6-13,16,22,24H,5,14-15,17-18H2,1-4H3/t22-,24?/m1/s1. The fourth-order valence-corrected chi connectivity index (χ4v) is 4.38. The van der Waals surface area contributed by atoms with Gasteiger partial charge in [-0.05, 0) is 51.0 Å². The minimum absolute atomic E-state index is 0.120. The van der Waals surface area contributed by atoms with Gasteiger partial charge in [-0.25, -0.2) is 4.79 Å². The van der Waals surface area contributed by atoms with Gasteiger partial charge in [-0.2, -0.15) is 0 Å². The quantitative estimate of drug-likeness (QED) is 0.533. The van der Waals surface area contributed by atoms with Crippen molar-refractivity contribution in [3.8, 4) is 0 Å². The number of carbonyl (C=O) groups excluding carboxylic acids is 2. The minimum Gasteiger partial charge on any atom is -0.466 e. The third kappa shape index (κ3) is 6.95. The Morgan fingerprint density at radius 3 is 2.39 bits per heavy atom. The Bertz CT molecular complexity index is 945. The molecule has 0 bridgehead atoms. The SMILES string of the molecule is CCOC(=O)C[C@@H]1CN(C(=O)OC(C)(C)C)CCN1C(c1ccccc1)c1cccc(Cl)c1. The third-order valence-corrected chi connectivity index (χ3v) is 5.73. The lowest BCUT2D eigenvalue weighted by atomic mass is 9.93. The largest absolute Gasteiger partial charge is 0.466 e. The number of halogens is 1. The number of amides is 1. The Balaban J connectivity index is 1.95. The van der Waals surface area contributed by atoms with E-state index in [1.807, 2.05) is 63.2 Å². The second-order valence-corrected chi connectivity index (χ2v) is 9.63. The van der Waals surface area contributed by atoms with Gasteiger partial charge in [-0.3, -0.25) is 9.69 Å². The molecule has 0 N–H and O–H groups in total. The van der Waals surface area contributed by atoms with Gasteiger partial charge < -0.3 is 14.4 Å². The van der Waals surface area contributed by atoms with Crippen molar-refractivity contribution >= 4 is 23.7 Å². The van der Waals surface area contributed by atoms with E-state index in [9.17, 15) is 9.59 Å². The van der Waals surface area contributed by atoms with E-state index >= 15 is 0 Å². The van der Waals surface area contributed by atoms with Crippen LogP contribution in [0.25, 0.3) is 0 Å². The molecule has 1 saturated heterocycles. The first-order valence-electron chi connectivity index (χ1n) is 11.4. The molecular weight excluding hydrogens is 440 g/mol. The molecule has 1 amide bonds. The zero-order valence-electron chi connectivity index (χ0n) is 19.8. The van der Waals surface area contributed by atoms with Crippen molar-refractivity contribution < 1.29 is 19.1 Å².